The Balaban J connectivity index is 2.30. The summed E-state index contributed by atoms with van der Waals surface area (Å²) in [6.45, 7) is 2.23. The molecule has 1 aliphatic rings. The van der Waals surface area contributed by atoms with Gasteiger partial charge < -0.3 is 4.90 Å². The van der Waals surface area contributed by atoms with E-state index in [9.17, 15) is 14.9 Å². The maximum Gasteiger partial charge on any atom is 0.269 e. The standard InChI is InChI=1S/C13H13N3O3/c1-9-7-10(16(18)19)4-5-12(9)13(17)15-6-2-3-11(15)8-14/h4-5,7,11H,2-3,6H2,1H3. The van der Waals surface area contributed by atoms with Gasteiger partial charge in [-0.2, -0.15) is 5.26 Å². The Morgan fingerprint density at radius 1 is 1.58 bits per heavy atom. The maximum atomic E-state index is 12.3. The average Bonchev–Trinajstić information content (AvgIpc) is 2.85. The van der Waals surface area contributed by atoms with Crippen LogP contribution in [0.15, 0.2) is 18.2 Å². The van der Waals surface area contributed by atoms with Crippen molar-refractivity contribution in [1.82, 2.24) is 4.90 Å². The molecule has 1 aromatic carbocycles. The zero-order valence-electron chi connectivity index (χ0n) is 10.5. The van der Waals surface area contributed by atoms with E-state index in [2.05, 4.69) is 6.07 Å². The van der Waals surface area contributed by atoms with Gasteiger partial charge >= 0.3 is 0 Å². The Bertz CT molecular complexity index is 577. The first-order valence-electron chi connectivity index (χ1n) is 6.00. The fourth-order valence-electron chi connectivity index (χ4n) is 2.30. The fourth-order valence-corrected chi connectivity index (χ4v) is 2.30. The van der Waals surface area contributed by atoms with Gasteiger partial charge in [0.05, 0.1) is 11.0 Å². The van der Waals surface area contributed by atoms with Crippen molar-refractivity contribution in [1.29, 1.82) is 5.26 Å². The van der Waals surface area contributed by atoms with Crippen molar-refractivity contribution in [3.05, 3.63) is 39.4 Å². The van der Waals surface area contributed by atoms with Crippen LogP contribution in [0.3, 0.4) is 0 Å². The molecule has 1 fully saturated rings. The van der Waals surface area contributed by atoms with E-state index in [4.69, 9.17) is 5.26 Å². The van der Waals surface area contributed by atoms with Crippen LogP contribution in [0, 0.1) is 28.4 Å². The number of aryl methyl sites for hydroxylation is 1. The summed E-state index contributed by atoms with van der Waals surface area (Å²) in [4.78, 5) is 24.0. The van der Waals surface area contributed by atoms with E-state index < -0.39 is 4.92 Å². The number of benzene rings is 1. The largest absolute Gasteiger partial charge is 0.323 e. The van der Waals surface area contributed by atoms with Gasteiger partial charge in [-0.05, 0) is 31.4 Å². The Morgan fingerprint density at radius 2 is 2.32 bits per heavy atom. The second-order valence-electron chi connectivity index (χ2n) is 4.54. The number of nitrogens with zero attached hydrogens (tertiary/aromatic N) is 3. The van der Waals surface area contributed by atoms with Crippen molar-refractivity contribution >= 4 is 11.6 Å². The fraction of sp³-hybridized carbons (Fsp3) is 0.385. The summed E-state index contributed by atoms with van der Waals surface area (Å²) in [6, 6.07) is 5.88. The lowest BCUT2D eigenvalue weighted by Gasteiger charge is -2.20. The van der Waals surface area contributed by atoms with E-state index in [-0.39, 0.29) is 17.6 Å². The topological polar surface area (TPSA) is 87.2 Å². The number of likely N-dealkylation sites (tertiary alicyclic amines) is 1. The lowest BCUT2D eigenvalue weighted by atomic mass is 10.1. The number of non-ortho nitro benzene ring substituents is 1. The first-order chi connectivity index (χ1) is 9.04. The monoisotopic (exact) mass is 259 g/mol. The highest BCUT2D eigenvalue weighted by Gasteiger charge is 2.30. The van der Waals surface area contributed by atoms with Gasteiger partial charge in [0.25, 0.3) is 11.6 Å². The molecule has 0 radical (unpaired) electrons. The van der Waals surface area contributed by atoms with Gasteiger partial charge in [0.2, 0.25) is 0 Å². The molecular formula is C13H13N3O3. The molecule has 1 aliphatic heterocycles. The minimum Gasteiger partial charge on any atom is -0.323 e. The van der Waals surface area contributed by atoms with E-state index in [1.807, 2.05) is 0 Å². The van der Waals surface area contributed by atoms with Crippen LogP contribution in [0.2, 0.25) is 0 Å². The third-order valence-corrected chi connectivity index (χ3v) is 3.31. The zero-order valence-corrected chi connectivity index (χ0v) is 10.5. The van der Waals surface area contributed by atoms with E-state index in [0.717, 1.165) is 6.42 Å². The number of hydrogen-bond acceptors (Lipinski definition) is 4. The second kappa shape index (κ2) is 5.06. The van der Waals surface area contributed by atoms with Crippen LogP contribution in [0.4, 0.5) is 5.69 Å². The van der Waals surface area contributed by atoms with Crippen molar-refractivity contribution in [2.45, 2.75) is 25.8 Å². The summed E-state index contributed by atoms with van der Waals surface area (Å²) in [7, 11) is 0. The first kappa shape index (κ1) is 13.0. The Labute approximate surface area is 110 Å². The van der Waals surface area contributed by atoms with Crippen LogP contribution in [-0.2, 0) is 0 Å². The zero-order chi connectivity index (χ0) is 14.0. The number of nitriles is 1. The van der Waals surface area contributed by atoms with Crippen LogP contribution in [-0.4, -0.2) is 28.3 Å². The molecular weight excluding hydrogens is 246 g/mol. The number of rotatable bonds is 2. The van der Waals surface area contributed by atoms with Crippen LogP contribution in [0.5, 0.6) is 0 Å². The summed E-state index contributed by atoms with van der Waals surface area (Å²) < 4.78 is 0. The number of carbonyl (C=O) groups excluding carboxylic acids is 1. The summed E-state index contributed by atoms with van der Waals surface area (Å²) in [6.07, 6.45) is 1.50. The van der Waals surface area contributed by atoms with Gasteiger partial charge in [-0.25, -0.2) is 0 Å². The first-order valence-corrected chi connectivity index (χ1v) is 6.00. The highest BCUT2D eigenvalue weighted by atomic mass is 16.6. The average molecular weight is 259 g/mol. The molecule has 1 saturated heterocycles. The van der Waals surface area contributed by atoms with E-state index in [1.54, 1.807) is 6.92 Å². The lowest BCUT2D eigenvalue weighted by Crippen LogP contribution is -2.34. The van der Waals surface area contributed by atoms with Gasteiger partial charge in [0.15, 0.2) is 0 Å². The van der Waals surface area contributed by atoms with Crippen LogP contribution < -0.4 is 0 Å². The normalized spacial score (nSPS) is 18.1. The number of hydrogen-bond donors (Lipinski definition) is 0. The number of amides is 1. The molecule has 0 bridgehead atoms. The molecule has 1 amide bonds. The molecule has 1 aromatic rings. The van der Waals surface area contributed by atoms with E-state index in [0.29, 0.717) is 24.1 Å². The minimum absolute atomic E-state index is 0.0349. The van der Waals surface area contributed by atoms with Gasteiger partial charge in [0, 0.05) is 24.2 Å². The van der Waals surface area contributed by atoms with Crippen molar-refractivity contribution < 1.29 is 9.72 Å². The molecule has 1 unspecified atom stereocenters. The van der Waals surface area contributed by atoms with Gasteiger partial charge in [-0.1, -0.05) is 0 Å². The van der Waals surface area contributed by atoms with Gasteiger partial charge in [-0.15, -0.1) is 0 Å². The Kier molecular flexibility index (Phi) is 3.47. The Hall–Kier alpha value is -2.42. The van der Waals surface area contributed by atoms with Gasteiger partial charge in [-0.3, -0.25) is 14.9 Å². The molecule has 6 nitrogen and oxygen atoms in total. The van der Waals surface area contributed by atoms with Crippen molar-refractivity contribution in [2.24, 2.45) is 0 Å². The molecule has 0 aliphatic carbocycles. The minimum atomic E-state index is -0.491. The summed E-state index contributed by atoms with van der Waals surface area (Å²) in [5.41, 5.74) is 0.947. The molecule has 2 rings (SSSR count). The predicted molar refractivity (Wildman–Crippen MR) is 67.5 cm³/mol. The summed E-state index contributed by atoms with van der Waals surface area (Å²) >= 11 is 0. The van der Waals surface area contributed by atoms with Crippen molar-refractivity contribution in [3.63, 3.8) is 0 Å². The molecule has 19 heavy (non-hydrogen) atoms. The number of nitro groups is 1. The summed E-state index contributed by atoms with van der Waals surface area (Å²) in [5.74, 6) is -0.226. The highest BCUT2D eigenvalue weighted by Crippen LogP contribution is 2.23. The van der Waals surface area contributed by atoms with E-state index in [1.165, 1.54) is 23.1 Å². The molecule has 1 atom stereocenters. The number of nitro benzene ring substituents is 1. The molecule has 0 aromatic heterocycles. The molecule has 98 valence electrons. The van der Waals surface area contributed by atoms with Crippen LogP contribution in [0.1, 0.15) is 28.8 Å². The van der Waals surface area contributed by atoms with Crippen molar-refractivity contribution in [3.8, 4) is 6.07 Å². The molecule has 0 spiro atoms. The second-order valence-corrected chi connectivity index (χ2v) is 4.54. The molecule has 1 heterocycles. The van der Waals surface area contributed by atoms with Crippen LogP contribution >= 0.6 is 0 Å². The van der Waals surface area contributed by atoms with Crippen molar-refractivity contribution in [2.75, 3.05) is 6.54 Å². The number of carbonyl (C=O) groups is 1. The van der Waals surface area contributed by atoms with E-state index >= 15 is 0 Å². The summed E-state index contributed by atoms with van der Waals surface area (Å²) in [5, 5.41) is 19.6. The van der Waals surface area contributed by atoms with Gasteiger partial charge in [0.1, 0.15) is 6.04 Å². The SMILES string of the molecule is Cc1cc([N+](=O)[O-])ccc1C(=O)N1CCCC1C#N. The predicted octanol–water partition coefficient (Wildman–Crippen LogP) is 2.03. The maximum absolute atomic E-state index is 12.3. The van der Waals surface area contributed by atoms with Crippen LogP contribution in [0.25, 0.3) is 0 Å². The smallest absolute Gasteiger partial charge is 0.269 e. The lowest BCUT2D eigenvalue weighted by molar-refractivity contribution is -0.384. The quantitative estimate of drug-likeness (QED) is 0.600. The highest BCUT2D eigenvalue weighted by molar-refractivity contribution is 5.96. The molecule has 0 N–H and O–H groups in total. The molecule has 6 heteroatoms. The third kappa shape index (κ3) is 2.40. The molecule has 0 saturated carbocycles. The third-order valence-electron chi connectivity index (χ3n) is 3.31. The Morgan fingerprint density at radius 3 is 2.89 bits per heavy atom.